The summed E-state index contributed by atoms with van der Waals surface area (Å²) >= 11 is 5.22. The van der Waals surface area contributed by atoms with Gasteiger partial charge in [-0.05, 0) is 46.6 Å². The minimum Gasteiger partial charge on any atom is -0.323 e. The topological polar surface area (TPSA) is 38.9 Å². The zero-order chi connectivity index (χ0) is 11.5. The van der Waals surface area contributed by atoms with Gasteiger partial charge in [0.1, 0.15) is 0 Å². The number of nitrogens with two attached hydrogens (primary N) is 1. The van der Waals surface area contributed by atoms with E-state index in [0.29, 0.717) is 0 Å². The monoisotopic (exact) mass is 296 g/mol. The van der Waals surface area contributed by atoms with E-state index in [1.165, 1.54) is 14.2 Å². The standard InChI is InChI=1S/C12H13BrN2S/c1-8-6-11(16-12(8)13)10(14)7-9-4-2-3-5-15-9/h2-6,10H,7,14H2,1H3. The maximum absolute atomic E-state index is 6.16. The molecule has 0 saturated heterocycles. The summed E-state index contributed by atoms with van der Waals surface area (Å²) in [4.78, 5) is 5.49. The van der Waals surface area contributed by atoms with Gasteiger partial charge < -0.3 is 5.73 Å². The predicted octanol–water partition coefficient (Wildman–Crippen LogP) is 3.46. The second-order valence-electron chi connectivity index (χ2n) is 3.74. The molecule has 84 valence electrons. The molecule has 0 fully saturated rings. The van der Waals surface area contributed by atoms with Crippen molar-refractivity contribution in [3.63, 3.8) is 0 Å². The maximum atomic E-state index is 6.16. The van der Waals surface area contributed by atoms with Gasteiger partial charge in [-0.1, -0.05) is 6.07 Å². The first-order valence-electron chi connectivity index (χ1n) is 5.08. The van der Waals surface area contributed by atoms with Crippen LogP contribution < -0.4 is 5.73 Å². The van der Waals surface area contributed by atoms with Crippen molar-refractivity contribution >= 4 is 27.3 Å². The number of pyridine rings is 1. The maximum Gasteiger partial charge on any atom is 0.0731 e. The molecule has 4 heteroatoms. The van der Waals surface area contributed by atoms with E-state index in [0.717, 1.165) is 12.1 Å². The van der Waals surface area contributed by atoms with Crippen LogP contribution in [0.1, 0.15) is 22.2 Å². The summed E-state index contributed by atoms with van der Waals surface area (Å²) in [5.41, 5.74) is 8.44. The van der Waals surface area contributed by atoms with Gasteiger partial charge in [-0.15, -0.1) is 11.3 Å². The molecule has 1 unspecified atom stereocenters. The molecule has 0 aromatic carbocycles. The average Bonchev–Trinajstić information content (AvgIpc) is 2.61. The first-order chi connectivity index (χ1) is 7.66. The largest absolute Gasteiger partial charge is 0.323 e. The van der Waals surface area contributed by atoms with Crippen molar-refractivity contribution < 1.29 is 0 Å². The normalized spacial score (nSPS) is 12.7. The Morgan fingerprint density at radius 2 is 2.31 bits per heavy atom. The molecule has 0 aliphatic rings. The van der Waals surface area contributed by atoms with E-state index in [2.05, 4.69) is 33.9 Å². The molecule has 0 bridgehead atoms. The van der Waals surface area contributed by atoms with Crippen molar-refractivity contribution in [3.8, 4) is 0 Å². The van der Waals surface area contributed by atoms with E-state index in [-0.39, 0.29) is 6.04 Å². The molecule has 0 amide bonds. The SMILES string of the molecule is Cc1cc(C(N)Cc2ccccn2)sc1Br. The molecule has 2 heterocycles. The number of aryl methyl sites for hydroxylation is 1. The minimum absolute atomic E-state index is 0.0323. The molecule has 16 heavy (non-hydrogen) atoms. The number of hydrogen-bond donors (Lipinski definition) is 1. The number of rotatable bonds is 3. The summed E-state index contributed by atoms with van der Waals surface area (Å²) in [6.07, 6.45) is 2.59. The molecule has 1 atom stereocenters. The van der Waals surface area contributed by atoms with E-state index in [9.17, 15) is 0 Å². The van der Waals surface area contributed by atoms with E-state index in [1.54, 1.807) is 17.5 Å². The highest BCUT2D eigenvalue weighted by atomic mass is 79.9. The molecule has 2 rings (SSSR count). The molecule has 0 saturated carbocycles. The van der Waals surface area contributed by atoms with Gasteiger partial charge in [0.15, 0.2) is 0 Å². The Labute approximate surface area is 108 Å². The Kier molecular flexibility index (Phi) is 3.74. The Morgan fingerprint density at radius 3 is 2.88 bits per heavy atom. The van der Waals surface area contributed by atoms with Gasteiger partial charge in [-0.2, -0.15) is 0 Å². The first-order valence-corrected chi connectivity index (χ1v) is 6.69. The van der Waals surface area contributed by atoms with Crippen molar-refractivity contribution in [1.29, 1.82) is 0 Å². The van der Waals surface area contributed by atoms with E-state index >= 15 is 0 Å². The highest BCUT2D eigenvalue weighted by molar-refractivity contribution is 9.11. The number of halogens is 1. The van der Waals surface area contributed by atoms with Crippen molar-refractivity contribution in [3.05, 3.63) is 50.4 Å². The molecule has 2 aromatic heterocycles. The molecule has 0 radical (unpaired) electrons. The third-order valence-electron chi connectivity index (χ3n) is 2.40. The van der Waals surface area contributed by atoms with Crippen LogP contribution in [0.4, 0.5) is 0 Å². The lowest BCUT2D eigenvalue weighted by Gasteiger charge is -2.08. The lowest BCUT2D eigenvalue weighted by Crippen LogP contribution is -2.12. The van der Waals surface area contributed by atoms with Crippen LogP contribution in [0, 0.1) is 6.92 Å². The van der Waals surface area contributed by atoms with E-state index in [1.807, 2.05) is 18.2 Å². The number of aromatic nitrogens is 1. The van der Waals surface area contributed by atoms with Gasteiger partial charge in [0, 0.05) is 29.2 Å². The fraction of sp³-hybridized carbons (Fsp3) is 0.250. The summed E-state index contributed by atoms with van der Waals surface area (Å²) in [7, 11) is 0. The number of nitrogens with zero attached hydrogens (tertiary/aromatic N) is 1. The summed E-state index contributed by atoms with van der Waals surface area (Å²) in [6, 6.07) is 8.09. The van der Waals surface area contributed by atoms with E-state index in [4.69, 9.17) is 5.73 Å². The van der Waals surface area contributed by atoms with Crippen LogP contribution in [-0.2, 0) is 6.42 Å². The molecule has 0 spiro atoms. The molecule has 0 aliphatic carbocycles. The second-order valence-corrected chi connectivity index (χ2v) is 6.14. The van der Waals surface area contributed by atoms with Crippen LogP contribution in [0.5, 0.6) is 0 Å². The fourth-order valence-electron chi connectivity index (χ4n) is 1.51. The van der Waals surface area contributed by atoms with Crippen molar-refractivity contribution in [2.75, 3.05) is 0 Å². The van der Waals surface area contributed by atoms with Crippen molar-refractivity contribution in [1.82, 2.24) is 4.98 Å². The Morgan fingerprint density at radius 1 is 1.50 bits per heavy atom. The molecule has 2 nitrogen and oxygen atoms in total. The van der Waals surface area contributed by atoms with Crippen LogP contribution >= 0.6 is 27.3 Å². The van der Waals surface area contributed by atoms with Gasteiger partial charge in [-0.3, -0.25) is 4.98 Å². The summed E-state index contributed by atoms with van der Waals surface area (Å²) in [6.45, 7) is 2.08. The van der Waals surface area contributed by atoms with Crippen LogP contribution in [0.25, 0.3) is 0 Å². The summed E-state index contributed by atoms with van der Waals surface area (Å²) < 4.78 is 1.17. The van der Waals surface area contributed by atoms with Gasteiger partial charge in [0.05, 0.1) is 3.79 Å². The zero-order valence-corrected chi connectivity index (χ0v) is 11.4. The Hall–Kier alpha value is -0.710. The zero-order valence-electron chi connectivity index (χ0n) is 8.98. The summed E-state index contributed by atoms with van der Waals surface area (Å²) in [5, 5.41) is 0. The molecule has 2 N–H and O–H groups in total. The van der Waals surface area contributed by atoms with Gasteiger partial charge in [-0.25, -0.2) is 0 Å². The predicted molar refractivity (Wildman–Crippen MR) is 71.6 cm³/mol. The number of hydrogen-bond acceptors (Lipinski definition) is 3. The average molecular weight is 297 g/mol. The van der Waals surface area contributed by atoms with Crippen LogP contribution in [0.3, 0.4) is 0 Å². The molecule has 2 aromatic rings. The van der Waals surface area contributed by atoms with Crippen molar-refractivity contribution in [2.24, 2.45) is 5.73 Å². The molecular formula is C12H13BrN2S. The third kappa shape index (κ3) is 2.70. The highest BCUT2D eigenvalue weighted by Gasteiger charge is 2.12. The Bertz CT molecular complexity index is 448. The number of thiophene rings is 1. The van der Waals surface area contributed by atoms with Crippen molar-refractivity contribution in [2.45, 2.75) is 19.4 Å². The minimum atomic E-state index is 0.0323. The van der Waals surface area contributed by atoms with Crippen LogP contribution in [0.2, 0.25) is 0 Å². The fourth-order valence-corrected chi connectivity index (χ4v) is 3.08. The van der Waals surface area contributed by atoms with Gasteiger partial charge in [0.25, 0.3) is 0 Å². The van der Waals surface area contributed by atoms with E-state index < -0.39 is 0 Å². The lowest BCUT2D eigenvalue weighted by atomic mass is 10.1. The summed E-state index contributed by atoms with van der Waals surface area (Å²) in [5.74, 6) is 0. The smallest absolute Gasteiger partial charge is 0.0731 e. The van der Waals surface area contributed by atoms with Gasteiger partial charge >= 0.3 is 0 Å². The third-order valence-corrected chi connectivity index (χ3v) is 4.67. The van der Waals surface area contributed by atoms with Crippen LogP contribution in [-0.4, -0.2) is 4.98 Å². The quantitative estimate of drug-likeness (QED) is 0.942. The van der Waals surface area contributed by atoms with Crippen LogP contribution in [0.15, 0.2) is 34.2 Å². The molecular weight excluding hydrogens is 284 g/mol. The molecule has 0 aliphatic heterocycles. The first kappa shape index (κ1) is 11.8. The highest BCUT2D eigenvalue weighted by Crippen LogP contribution is 2.31. The second kappa shape index (κ2) is 5.08. The van der Waals surface area contributed by atoms with Gasteiger partial charge in [0.2, 0.25) is 0 Å². The Balaban J connectivity index is 2.11. The lowest BCUT2D eigenvalue weighted by molar-refractivity contribution is 0.719.